The van der Waals surface area contributed by atoms with Gasteiger partial charge >= 0.3 is 0 Å². The second-order valence-corrected chi connectivity index (χ2v) is 3.96. The molecule has 0 saturated heterocycles. The molecule has 0 aromatic rings. The average molecular weight is 234 g/mol. The molecule has 2 nitrogen and oxygen atoms in total. The van der Waals surface area contributed by atoms with Crippen LogP contribution in [0.2, 0.25) is 0 Å². The zero-order chi connectivity index (χ0) is 13.1. The van der Waals surface area contributed by atoms with E-state index in [1.54, 1.807) is 6.08 Å². The Labute approximate surface area is 104 Å². The van der Waals surface area contributed by atoms with Gasteiger partial charge < -0.3 is 10.2 Å². The van der Waals surface area contributed by atoms with Crippen molar-refractivity contribution in [2.45, 2.75) is 39.7 Å². The largest absolute Gasteiger partial charge is 0.507 e. The van der Waals surface area contributed by atoms with Gasteiger partial charge in [0.25, 0.3) is 0 Å². The molecule has 0 aliphatic carbocycles. The first-order chi connectivity index (χ1) is 8.10. The van der Waals surface area contributed by atoms with E-state index in [4.69, 9.17) is 5.11 Å². The SMILES string of the molecule is C/C=C/C(O)CC/C(C)=C/C=C/C(C)=C=CO. The van der Waals surface area contributed by atoms with Gasteiger partial charge in [0.2, 0.25) is 0 Å². The van der Waals surface area contributed by atoms with Crippen LogP contribution in [0.1, 0.15) is 33.6 Å². The average Bonchev–Trinajstić information content (AvgIpc) is 2.27. The Kier molecular flexibility index (Phi) is 8.85. The summed E-state index contributed by atoms with van der Waals surface area (Å²) in [6, 6.07) is 0. The Hall–Kier alpha value is -1.50. The van der Waals surface area contributed by atoms with E-state index in [1.165, 1.54) is 5.57 Å². The van der Waals surface area contributed by atoms with E-state index >= 15 is 0 Å². The van der Waals surface area contributed by atoms with E-state index in [1.807, 2.05) is 45.1 Å². The molecule has 1 unspecified atom stereocenters. The third-order valence-corrected chi connectivity index (χ3v) is 2.27. The normalized spacial score (nSPS) is 14.0. The first kappa shape index (κ1) is 15.5. The van der Waals surface area contributed by atoms with Gasteiger partial charge in [0.1, 0.15) is 6.26 Å². The Morgan fingerprint density at radius 3 is 2.65 bits per heavy atom. The van der Waals surface area contributed by atoms with Crippen molar-refractivity contribution in [3.05, 3.63) is 53.5 Å². The molecule has 0 fully saturated rings. The Morgan fingerprint density at radius 2 is 2.06 bits per heavy atom. The minimum absolute atomic E-state index is 0.355. The molecule has 0 radical (unpaired) electrons. The molecule has 0 spiro atoms. The minimum Gasteiger partial charge on any atom is -0.507 e. The highest BCUT2D eigenvalue weighted by atomic mass is 16.3. The molecule has 0 heterocycles. The van der Waals surface area contributed by atoms with Gasteiger partial charge in [-0.1, -0.05) is 41.7 Å². The predicted octanol–water partition coefficient (Wildman–Crippen LogP) is 3.82. The van der Waals surface area contributed by atoms with Crippen molar-refractivity contribution in [2.75, 3.05) is 0 Å². The molecule has 0 aliphatic heterocycles. The molecule has 2 heteroatoms. The van der Waals surface area contributed by atoms with E-state index in [-0.39, 0.29) is 6.10 Å². The van der Waals surface area contributed by atoms with Crippen LogP contribution in [0.25, 0.3) is 0 Å². The lowest BCUT2D eigenvalue weighted by Crippen LogP contribution is -2.01. The van der Waals surface area contributed by atoms with Crippen LogP contribution in [-0.2, 0) is 0 Å². The van der Waals surface area contributed by atoms with Crippen LogP contribution in [0.5, 0.6) is 0 Å². The standard InChI is InChI=1S/C15H22O2/c1-4-6-15(17)10-9-13(2)7-5-8-14(3)11-12-16/h4-8,12,15-17H,9-10H2,1-3H3/b6-4+,8-5+,13-7+. The van der Waals surface area contributed by atoms with E-state index in [9.17, 15) is 5.11 Å². The van der Waals surface area contributed by atoms with Crippen LogP contribution in [0.4, 0.5) is 0 Å². The third-order valence-electron chi connectivity index (χ3n) is 2.27. The maximum atomic E-state index is 9.50. The van der Waals surface area contributed by atoms with Crippen LogP contribution < -0.4 is 0 Å². The first-order valence-corrected chi connectivity index (χ1v) is 5.80. The first-order valence-electron chi connectivity index (χ1n) is 5.80. The van der Waals surface area contributed by atoms with Gasteiger partial charge in [-0.3, -0.25) is 0 Å². The van der Waals surface area contributed by atoms with Crippen molar-refractivity contribution in [3.8, 4) is 0 Å². The molecule has 2 N–H and O–H groups in total. The predicted molar refractivity (Wildman–Crippen MR) is 72.9 cm³/mol. The fourth-order valence-corrected chi connectivity index (χ4v) is 1.28. The molecular weight excluding hydrogens is 212 g/mol. The summed E-state index contributed by atoms with van der Waals surface area (Å²) in [5, 5.41) is 18.0. The van der Waals surface area contributed by atoms with Crippen LogP contribution in [0.15, 0.2) is 53.5 Å². The Bertz CT molecular complexity index is 353. The zero-order valence-corrected chi connectivity index (χ0v) is 10.9. The monoisotopic (exact) mass is 234 g/mol. The lowest BCUT2D eigenvalue weighted by molar-refractivity contribution is 0.213. The fourth-order valence-electron chi connectivity index (χ4n) is 1.28. The topological polar surface area (TPSA) is 40.5 Å². The van der Waals surface area contributed by atoms with Gasteiger partial charge in [-0.15, -0.1) is 0 Å². The molecule has 0 saturated carbocycles. The number of aliphatic hydroxyl groups is 2. The van der Waals surface area contributed by atoms with Gasteiger partial charge in [0.05, 0.1) is 6.10 Å². The summed E-state index contributed by atoms with van der Waals surface area (Å²) in [6.07, 6.45) is 11.6. The maximum absolute atomic E-state index is 9.50. The Balaban J connectivity index is 4.15. The highest BCUT2D eigenvalue weighted by Gasteiger charge is 1.98. The highest BCUT2D eigenvalue weighted by molar-refractivity contribution is 5.21. The molecule has 0 rings (SSSR count). The third kappa shape index (κ3) is 9.43. The smallest absolute Gasteiger partial charge is 0.122 e. The van der Waals surface area contributed by atoms with Gasteiger partial charge in [-0.2, -0.15) is 0 Å². The van der Waals surface area contributed by atoms with E-state index < -0.39 is 0 Å². The van der Waals surface area contributed by atoms with Crippen molar-refractivity contribution in [1.82, 2.24) is 0 Å². The molecule has 1 atom stereocenters. The lowest BCUT2D eigenvalue weighted by atomic mass is 10.1. The molecule has 0 amide bonds. The van der Waals surface area contributed by atoms with Gasteiger partial charge in [0, 0.05) is 0 Å². The molecule has 0 bridgehead atoms. The summed E-state index contributed by atoms with van der Waals surface area (Å²) in [4.78, 5) is 0. The molecule has 0 aromatic heterocycles. The summed E-state index contributed by atoms with van der Waals surface area (Å²) in [6.45, 7) is 5.80. The van der Waals surface area contributed by atoms with Crippen molar-refractivity contribution in [1.29, 1.82) is 0 Å². The Morgan fingerprint density at radius 1 is 1.35 bits per heavy atom. The van der Waals surface area contributed by atoms with Crippen molar-refractivity contribution in [3.63, 3.8) is 0 Å². The lowest BCUT2D eigenvalue weighted by Gasteiger charge is -2.04. The van der Waals surface area contributed by atoms with Crippen LogP contribution in [0.3, 0.4) is 0 Å². The number of hydrogen-bond acceptors (Lipinski definition) is 2. The summed E-state index contributed by atoms with van der Waals surface area (Å²) >= 11 is 0. The van der Waals surface area contributed by atoms with Crippen LogP contribution >= 0.6 is 0 Å². The van der Waals surface area contributed by atoms with Crippen molar-refractivity contribution >= 4 is 0 Å². The van der Waals surface area contributed by atoms with Gasteiger partial charge in [0.15, 0.2) is 0 Å². The van der Waals surface area contributed by atoms with Gasteiger partial charge in [-0.25, -0.2) is 0 Å². The van der Waals surface area contributed by atoms with Gasteiger partial charge in [-0.05, 0) is 39.2 Å². The number of rotatable bonds is 6. The van der Waals surface area contributed by atoms with E-state index in [0.717, 1.165) is 24.7 Å². The highest BCUT2D eigenvalue weighted by Crippen LogP contribution is 2.08. The molecule has 17 heavy (non-hydrogen) atoms. The van der Waals surface area contributed by atoms with E-state index in [0.29, 0.717) is 0 Å². The zero-order valence-electron chi connectivity index (χ0n) is 10.9. The second-order valence-electron chi connectivity index (χ2n) is 3.96. The molecule has 0 aromatic carbocycles. The number of hydrogen-bond donors (Lipinski definition) is 2. The van der Waals surface area contributed by atoms with Crippen molar-refractivity contribution < 1.29 is 10.2 Å². The maximum Gasteiger partial charge on any atom is 0.122 e. The molecule has 0 aliphatic rings. The van der Waals surface area contributed by atoms with Crippen LogP contribution in [0, 0.1) is 0 Å². The second kappa shape index (κ2) is 9.71. The van der Waals surface area contributed by atoms with E-state index in [2.05, 4.69) is 5.73 Å². The van der Waals surface area contributed by atoms with Crippen LogP contribution in [-0.4, -0.2) is 16.3 Å². The molecular formula is C15H22O2. The summed E-state index contributed by atoms with van der Waals surface area (Å²) < 4.78 is 0. The van der Waals surface area contributed by atoms with Crippen molar-refractivity contribution in [2.24, 2.45) is 0 Å². The summed E-state index contributed by atoms with van der Waals surface area (Å²) in [5.74, 6) is 0. The molecule has 94 valence electrons. The quantitative estimate of drug-likeness (QED) is 0.317. The summed E-state index contributed by atoms with van der Waals surface area (Å²) in [7, 11) is 0. The number of aliphatic hydroxyl groups excluding tert-OH is 2. The minimum atomic E-state index is -0.355. The number of allylic oxidation sites excluding steroid dienone is 6. The fraction of sp³-hybridized carbons (Fsp3) is 0.400. The summed E-state index contributed by atoms with van der Waals surface area (Å²) in [5.41, 5.74) is 4.75.